The predicted octanol–water partition coefficient (Wildman–Crippen LogP) is 3.76. The Kier molecular flexibility index (Phi) is 9.74. The van der Waals surface area contributed by atoms with Gasteiger partial charge in [0.2, 0.25) is 0 Å². The monoisotopic (exact) mass is 420 g/mol. The Morgan fingerprint density at radius 1 is 1.07 bits per heavy atom. The van der Waals surface area contributed by atoms with Gasteiger partial charge in [-0.2, -0.15) is 0 Å². The first-order valence-corrected chi connectivity index (χ1v) is 10.4. The average Bonchev–Trinajstić information content (AvgIpc) is 2.71. The van der Waals surface area contributed by atoms with Gasteiger partial charge in [0.1, 0.15) is 12.7 Å². The maximum Gasteiger partial charge on any atom is 0.161 e. The van der Waals surface area contributed by atoms with Crippen molar-refractivity contribution in [2.45, 2.75) is 39.0 Å². The predicted molar refractivity (Wildman–Crippen MR) is 119 cm³/mol. The molecule has 2 aromatic carbocycles. The number of rotatable bonds is 12. The highest BCUT2D eigenvalue weighted by Crippen LogP contribution is 2.28. The van der Waals surface area contributed by atoms with Gasteiger partial charge in [-0.15, -0.1) is 0 Å². The number of aliphatic hydroxyl groups excluding tert-OH is 1. The maximum atomic E-state index is 10.2. The minimum Gasteiger partial charge on any atom is -0.493 e. The third-order valence-corrected chi connectivity index (χ3v) is 5.12. The second-order valence-electron chi connectivity index (χ2n) is 7.54. The summed E-state index contributed by atoms with van der Waals surface area (Å²) >= 11 is 5.92. The average molecular weight is 421 g/mol. The molecule has 0 radical (unpaired) electrons. The van der Waals surface area contributed by atoms with E-state index in [-0.39, 0.29) is 6.61 Å². The van der Waals surface area contributed by atoms with Crippen molar-refractivity contribution in [3.63, 3.8) is 0 Å². The molecule has 160 valence electrons. The van der Waals surface area contributed by atoms with Crippen molar-refractivity contribution in [1.29, 1.82) is 0 Å². The Balaban J connectivity index is 1.84. The summed E-state index contributed by atoms with van der Waals surface area (Å²) in [6.45, 7) is 6.57. The largest absolute Gasteiger partial charge is 0.493 e. The highest BCUT2D eigenvalue weighted by Gasteiger charge is 2.13. The van der Waals surface area contributed by atoms with Gasteiger partial charge < -0.3 is 24.8 Å². The van der Waals surface area contributed by atoms with Gasteiger partial charge in [-0.05, 0) is 69.3 Å². The Morgan fingerprint density at radius 3 is 2.41 bits per heavy atom. The summed E-state index contributed by atoms with van der Waals surface area (Å²) in [4.78, 5) is 2.09. The first-order valence-electron chi connectivity index (χ1n) is 10.0. The molecule has 0 bridgehead atoms. The molecule has 2 rings (SSSR count). The fourth-order valence-corrected chi connectivity index (χ4v) is 2.97. The van der Waals surface area contributed by atoms with E-state index in [1.165, 1.54) is 5.56 Å². The summed E-state index contributed by atoms with van der Waals surface area (Å²) in [5, 5.41) is 14.4. The van der Waals surface area contributed by atoms with E-state index in [9.17, 15) is 5.11 Å². The van der Waals surface area contributed by atoms with E-state index in [1.807, 2.05) is 49.5 Å². The molecular weight excluding hydrogens is 388 g/mol. The highest BCUT2D eigenvalue weighted by atomic mass is 35.5. The zero-order chi connectivity index (χ0) is 21.2. The summed E-state index contributed by atoms with van der Waals surface area (Å²) in [6.07, 6.45) is 0.375. The lowest BCUT2D eigenvalue weighted by Gasteiger charge is -2.24. The number of hydrogen-bond donors (Lipinski definition) is 2. The van der Waals surface area contributed by atoms with Gasteiger partial charge >= 0.3 is 0 Å². The van der Waals surface area contributed by atoms with Crippen LogP contribution in [0.5, 0.6) is 11.5 Å². The number of ether oxygens (including phenoxy) is 2. The van der Waals surface area contributed by atoms with Crippen LogP contribution >= 0.6 is 11.6 Å². The molecule has 0 aromatic heterocycles. The zero-order valence-electron chi connectivity index (χ0n) is 17.8. The quantitative estimate of drug-likeness (QED) is 0.512. The third-order valence-electron chi connectivity index (χ3n) is 4.87. The lowest BCUT2D eigenvalue weighted by Crippen LogP contribution is -2.37. The Labute approximate surface area is 179 Å². The van der Waals surface area contributed by atoms with Crippen LogP contribution in [0.2, 0.25) is 5.02 Å². The Bertz CT molecular complexity index is 737. The lowest BCUT2D eigenvalue weighted by atomic mass is 10.1. The summed E-state index contributed by atoms with van der Waals surface area (Å²) in [6, 6.07) is 14.2. The van der Waals surface area contributed by atoms with Gasteiger partial charge in [0.15, 0.2) is 11.5 Å². The normalized spacial score (nSPS) is 12.4. The van der Waals surface area contributed by atoms with Gasteiger partial charge in [0, 0.05) is 24.2 Å². The van der Waals surface area contributed by atoms with Crippen molar-refractivity contribution in [2.24, 2.45) is 0 Å². The zero-order valence-corrected chi connectivity index (χ0v) is 18.6. The van der Waals surface area contributed by atoms with Crippen molar-refractivity contribution in [3.8, 4) is 11.5 Å². The van der Waals surface area contributed by atoms with Crippen molar-refractivity contribution >= 4 is 11.6 Å². The molecule has 0 saturated carbocycles. The number of nitrogens with one attached hydrogen (secondary N) is 1. The first kappa shape index (κ1) is 23.5. The summed E-state index contributed by atoms with van der Waals surface area (Å²) in [5.74, 6) is 1.31. The molecule has 0 heterocycles. The summed E-state index contributed by atoms with van der Waals surface area (Å²) < 4.78 is 11.3. The second-order valence-corrected chi connectivity index (χ2v) is 7.97. The van der Waals surface area contributed by atoms with E-state index in [4.69, 9.17) is 21.1 Å². The van der Waals surface area contributed by atoms with Crippen molar-refractivity contribution in [2.75, 3.05) is 33.9 Å². The molecule has 0 fully saturated rings. The molecule has 0 aliphatic rings. The van der Waals surface area contributed by atoms with E-state index in [2.05, 4.69) is 24.1 Å². The molecule has 2 aromatic rings. The fourth-order valence-electron chi connectivity index (χ4n) is 2.84. The van der Waals surface area contributed by atoms with Crippen LogP contribution in [0.3, 0.4) is 0 Å². The van der Waals surface area contributed by atoms with Gasteiger partial charge in [-0.25, -0.2) is 0 Å². The van der Waals surface area contributed by atoms with Crippen LogP contribution in [-0.2, 0) is 13.0 Å². The van der Waals surface area contributed by atoms with Gasteiger partial charge in [-0.1, -0.05) is 29.8 Å². The molecule has 0 saturated heterocycles. The van der Waals surface area contributed by atoms with Crippen molar-refractivity contribution in [3.05, 3.63) is 58.6 Å². The van der Waals surface area contributed by atoms with Crippen LogP contribution in [0, 0.1) is 0 Å². The minimum atomic E-state index is -0.562. The Hall–Kier alpha value is -1.79. The molecule has 2 N–H and O–H groups in total. The number of likely N-dealkylation sites (N-methyl/N-ethyl adjacent to an activating group) is 1. The molecule has 1 atom stereocenters. The molecule has 6 heteroatoms. The SMILES string of the molecule is COc1ccc(CNCCc2ccc(Cl)cc2)cc1OC[C@@H](O)CN(C)C(C)C. The molecule has 0 amide bonds. The fraction of sp³-hybridized carbons (Fsp3) is 0.478. The van der Waals surface area contributed by atoms with Gasteiger partial charge in [-0.3, -0.25) is 0 Å². The molecular formula is C23H33ClN2O3. The molecule has 0 spiro atoms. The summed E-state index contributed by atoms with van der Waals surface area (Å²) in [5.41, 5.74) is 2.35. The van der Waals surface area contributed by atoms with Gasteiger partial charge in [0.05, 0.1) is 7.11 Å². The number of aliphatic hydroxyl groups is 1. The van der Waals surface area contributed by atoms with Crippen molar-refractivity contribution in [1.82, 2.24) is 10.2 Å². The lowest BCUT2D eigenvalue weighted by molar-refractivity contribution is 0.0668. The Morgan fingerprint density at radius 2 is 1.76 bits per heavy atom. The van der Waals surface area contributed by atoms with E-state index >= 15 is 0 Å². The maximum absolute atomic E-state index is 10.2. The number of methoxy groups -OCH3 is 1. The second kappa shape index (κ2) is 12.0. The smallest absolute Gasteiger partial charge is 0.161 e. The number of halogens is 1. The standard InChI is InChI=1S/C23H33ClN2O3/c1-17(2)26(3)15-21(27)16-29-23-13-19(7-10-22(23)28-4)14-25-12-11-18-5-8-20(24)9-6-18/h5-10,13,17,21,25,27H,11-12,14-16H2,1-4H3/t21-/m0/s1. The van der Waals surface area contributed by atoms with E-state index in [0.717, 1.165) is 30.1 Å². The van der Waals surface area contributed by atoms with Crippen LogP contribution in [0.15, 0.2) is 42.5 Å². The first-order chi connectivity index (χ1) is 13.9. The topological polar surface area (TPSA) is 54.0 Å². The number of nitrogens with zero attached hydrogens (tertiary/aromatic N) is 1. The van der Waals surface area contributed by atoms with Crippen molar-refractivity contribution < 1.29 is 14.6 Å². The molecule has 29 heavy (non-hydrogen) atoms. The van der Waals surface area contributed by atoms with Crippen LogP contribution in [-0.4, -0.2) is 56.0 Å². The molecule has 0 unspecified atom stereocenters. The van der Waals surface area contributed by atoms with E-state index < -0.39 is 6.10 Å². The van der Waals surface area contributed by atoms with E-state index in [0.29, 0.717) is 24.1 Å². The third kappa shape index (κ3) is 8.23. The summed E-state index contributed by atoms with van der Waals surface area (Å²) in [7, 11) is 3.61. The van der Waals surface area contributed by atoms with Crippen LogP contribution < -0.4 is 14.8 Å². The highest BCUT2D eigenvalue weighted by molar-refractivity contribution is 6.30. The van der Waals surface area contributed by atoms with E-state index in [1.54, 1.807) is 7.11 Å². The number of benzene rings is 2. The van der Waals surface area contributed by atoms with Crippen LogP contribution in [0.1, 0.15) is 25.0 Å². The van der Waals surface area contributed by atoms with Crippen LogP contribution in [0.4, 0.5) is 0 Å². The molecule has 0 aliphatic carbocycles. The number of hydrogen-bond acceptors (Lipinski definition) is 5. The van der Waals surface area contributed by atoms with Gasteiger partial charge in [0.25, 0.3) is 0 Å². The molecule has 5 nitrogen and oxygen atoms in total. The molecule has 0 aliphatic heterocycles. The minimum absolute atomic E-state index is 0.223. The van der Waals surface area contributed by atoms with Crippen LogP contribution in [0.25, 0.3) is 0 Å².